The van der Waals surface area contributed by atoms with E-state index in [9.17, 15) is 0 Å². The van der Waals surface area contributed by atoms with Gasteiger partial charge in [0.25, 0.3) is 0 Å². The van der Waals surface area contributed by atoms with E-state index in [0.29, 0.717) is 0 Å². The van der Waals surface area contributed by atoms with Crippen LogP contribution in [0.3, 0.4) is 0 Å². The van der Waals surface area contributed by atoms with Gasteiger partial charge in [0, 0.05) is 32.9 Å². The van der Waals surface area contributed by atoms with Crippen LogP contribution in [0.1, 0.15) is 0 Å². The second-order valence-corrected chi connectivity index (χ2v) is 14.1. The monoisotopic (exact) mass is 686 g/mol. The van der Waals surface area contributed by atoms with Gasteiger partial charge in [-0.25, -0.2) is 0 Å². The van der Waals surface area contributed by atoms with E-state index in [1.807, 2.05) is 0 Å². The summed E-state index contributed by atoms with van der Waals surface area (Å²) < 4.78 is 0. The fourth-order valence-corrected chi connectivity index (χ4v) is 8.85. The summed E-state index contributed by atoms with van der Waals surface area (Å²) in [6, 6.07) is 75.2. The summed E-state index contributed by atoms with van der Waals surface area (Å²) in [5.41, 5.74) is 6.92. The van der Waals surface area contributed by atoms with Crippen molar-refractivity contribution in [3.05, 3.63) is 206 Å². The molecule has 0 aliphatic heterocycles. The number of benzene rings is 11. The molecular weight excluding hydrogens is 653 g/mol. The zero-order valence-corrected chi connectivity index (χ0v) is 29.5. The average molecular weight is 687 g/mol. The summed E-state index contributed by atoms with van der Waals surface area (Å²) in [5, 5.41) is 15.0. The summed E-state index contributed by atoms with van der Waals surface area (Å²) >= 11 is 0. The predicted molar refractivity (Wildman–Crippen MR) is 232 cm³/mol. The Morgan fingerprint density at radius 3 is 0.981 bits per heavy atom. The molecular formula is C52H34N2. The first-order valence-corrected chi connectivity index (χ1v) is 18.6. The zero-order valence-electron chi connectivity index (χ0n) is 29.5. The predicted octanol–water partition coefficient (Wildman–Crippen LogP) is 15.0. The topological polar surface area (TPSA) is 6.48 Å². The lowest BCUT2D eigenvalue weighted by atomic mass is 9.88. The number of hydrogen-bond donors (Lipinski definition) is 0. The molecule has 54 heavy (non-hydrogen) atoms. The van der Waals surface area contributed by atoms with Crippen molar-refractivity contribution in [2.45, 2.75) is 0 Å². The minimum atomic E-state index is 1.13. The van der Waals surface area contributed by atoms with E-state index in [2.05, 4.69) is 216 Å². The molecule has 0 saturated carbocycles. The van der Waals surface area contributed by atoms with Gasteiger partial charge < -0.3 is 9.80 Å². The summed E-state index contributed by atoms with van der Waals surface area (Å²) in [6.07, 6.45) is 0. The van der Waals surface area contributed by atoms with Crippen molar-refractivity contribution < 1.29 is 0 Å². The molecule has 0 radical (unpaired) electrons. The molecule has 2 nitrogen and oxygen atoms in total. The standard InChI is InChI=1S/C52H34N2/c1-3-19-37(20-4-1)53(47-29-11-17-35-15-7-9-23-39(35)47)49-33-31-43-44-32-34-50(46-28-14-26-42(52(44)46)41-25-13-27-45(49)51(41)43)54(38-21-5-2-6-22-38)48-30-12-18-36-16-8-10-24-40(36)48/h1-34H. The van der Waals surface area contributed by atoms with E-state index in [1.54, 1.807) is 0 Å². The van der Waals surface area contributed by atoms with Crippen LogP contribution in [0.4, 0.5) is 34.1 Å². The summed E-state index contributed by atoms with van der Waals surface area (Å²) in [7, 11) is 0. The highest BCUT2D eigenvalue weighted by Crippen LogP contribution is 2.50. The van der Waals surface area contributed by atoms with Crippen LogP contribution in [0.2, 0.25) is 0 Å². The van der Waals surface area contributed by atoms with Crippen LogP contribution in [0, 0.1) is 0 Å². The highest BCUT2D eigenvalue weighted by Gasteiger charge is 2.23. The first-order valence-electron chi connectivity index (χ1n) is 18.6. The third kappa shape index (κ3) is 4.60. The van der Waals surface area contributed by atoms with Gasteiger partial charge in [-0.3, -0.25) is 0 Å². The van der Waals surface area contributed by atoms with Crippen molar-refractivity contribution in [1.29, 1.82) is 0 Å². The van der Waals surface area contributed by atoms with Crippen molar-refractivity contribution in [3.8, 4) is 0 Å². The van der Waals surface area contributed by atoms with Crippen LogP contribution in [-0.2, 0) is 0 Å². The van der Waals surface area contributed by atoms with Gasteiger partial charge in [0.2, 0.25) is 0 Å². The maximum absolute atomic E-state index is 2.44. The van der Waals surface area contributed by atoms with E-state index >= 15 is 0 Å². The highest BCUT2D eigenvalue weighted by atomic mass is 15.2. The largest absolute Gasteiger partial charge is 0.309 e. The molecule has 11 rings (SSSR count). The molecule has 0 amide bonds. The Bertz CT molecular complexity index is 2920. The van der Waals surface area contributed by atoms with Gasteiger partial charge >= 0.3 is 0 Å². The molecule has 0 aliphatic rings. The van der Waals surface area contributed by atoms with Gasteiger partial charge in [0.15, 0.2) is 0 Å². The normalized spacial score (nSPS) is 11.7. The average Bonchev–Trinajstić information content (AvgIpc) is 3.24. The van der Waals surface area contributed by atoms with Crippen LogP contribution < -0.4 is 9.80 Å². The number of rotatable bonds is 6. The van der Waals surface area contributed by atoms with E-state index in [1.165, 1.54) is 64.6 Å². The second-order valence-electron chi connectivity index (χ2n) is 14.1. The first-order chi connectivity index (χ1) is 26.8. The summed E-state index contributed by atoms with van der Waals surface area (Å²) in [5.74, 6) is 0. The molecule has 0 N–H and O–H groups in total. The molecule has 11 aromatic rings. The van der Waals surface area contributed by atoms with Crippen molar-refractivity contribution in [2.24, 2.45) is 0 Å². The minimum Gasteiger partial charge on any atom is -0.309 e. The van der Waals surface area contributed by atoms with Crippen LogP contribution in [0.25, 0.3) is 64.6 Å². The molecule has 252 valence electrons. The highest BCUT2D eigenvalue weighted by molar-refractivity contribution is 6.35. The lowest BCUT2D eigenvalue weighted by molar-refractivity contribution is 1.31. The third-order valence-corrected chi connectivity index (χ3v) is 11.1. The van der Waals surface area contributed by atoms with E-state index in [4.69, 9.17) is 0 Å². The smallest absolute Gasteiger partial charge is 0.0540 e. The Morgan fingerprint density at radius 2 is 0.519 bits per heavy atom. The number of nitrogens with zero attached hydrogens (tertiary/aromatic N) is 2. The molecule has 0 bridgehead atoms. The summed E-state index contributed by atoms with van der Waals surface area (Å²) in [6.45, 7) is 0. The van der Waals surface area contributed by atoms with Gasteiger partial charge in [-0.15, -0.1) is 0 Å². The lowest BCUT2D eigenvalue weighted by Crippen LogP contribution is -2.11. The molecule has 0 unspecified atom stereocenters. The zero-order chi connectivity index (χ0) is 35.6. The Labute approximate surface area is 313 Å². The third-order valence-electron chi connectivity index (χ3n) is 11.1. The van der Waals surface area contributed by atoms with Gasteiger partial charge in [-0.1, -0.05) is 158 Å². The summed E-state index contributed by atoms with van der Waals surface area (Å²) in [4.78, 5) is 4.87. The minimum absolute atomic E-state index is 1.13. The van der Waals surface area contributed by atoms with Gasteiger partial charge in [0.05, 0.1) is 22.7 Å². The molecule has 2 heteroatoms. The number of hydrogen-bond acceptors (Lipinski definition) is 2. The van der Waals surface area contributed by atoms with E-state index in [-0.39, 0.29) is 0 Å². The van der Waals surface area contributed by atoms with Crippen LogP contribution >= 0.6 is 0 Å². The van der Waals surface area contributed by atoms with Crippen molar-refractivity contribution in [3.63, 3.8) is 0 Å². The van der Waals surface area contributed by atoms with Gasteiger partial charge in [-0.05, 0) is 91.6 Å². The van der Waals surface area contributed by atoms with E-state index in [0.717, 1.165) is 34.1 Å². The van der Waals surface area contributed by atoms with Crippen LogP contribution in [0.5, 0.6) is 0 Å². The Kier molecular flexibility index (Phi) is 6.90. The Balaban J connectivity index is 1.20. The molecule has 0 fully saturated rings. The fourth-order valence-electron chi connectivity index (χ4n) is 8.85. The number of para-hydroxylation sites is 2. The second kappa shape index (κ2) is 12.2. The van der Waals surface area contributed by atoms with Crippen LogP contribution in [0.15, 0.2) is 206 Å². The van der Waals surface area contributed by atoms with Gasteiger partial charge in [0.1, 0.15) is 0 Å². The SMILES string of the molecule is c1ccc(N(c2cccc3ccccc23)c2ccc3c4ccc(N(c5ccccc5)c5cccc6ccccc56)c5cccc(c6cccc2c63)c54)cc1. The van der Waals surface area contributed by atoms with E-state index < -0.39 is 0 Å². The molecule has 0 saturated heterocycles. The lowest BCUT2D eigenvalue weighted by Gasteiger charge is -2.30. The molecule has 0 heterocycles. The maximum Gasteiger partial charge on any atom is 0.0540 e. The number of anilines is 6. The first kappa shape index (κ1) is 30.5. The van der Waals surface area contributed by atoms with Crippen LogP contribution in [-0.4, -0.2) is 0 Å². The van der Waals surface area contributed by atoms with Crippen molar-refractivity contribution >= 4 is 98.8 Å². The van der Waals surface area contributed by atoms with Gasteiger partial charge in [-0.2, -0.15) is 0 Å². The Hall–Kier alpha value is -7.16. The Morgan fingerprint density at radius 1 is 0.204 bits per heavy atom. The maximum atomic E-state index is 2.44. The molecule has 0 aliphatic carbocycles. The molecule has 0 aromatic heterocycles. The fraction of sp³-hybridized carbons (Fsp3) is 0. The molecule has 11 aromatic carbocycles. The quantitative estimate of drug-likeness (QED) is 0.127. The number of fused-ring (bicyclic) bond motifs is 4. The van der Waals surface area contributed by atoms with Crippen molar-refractivity contribution in [2.75, 3.05) is 9.80 Å². The molecule has 0 atom stereocenters. The van der Waals surface area contributed by atoms with Crippen molar-refractivity contribution in [1.82, 2.24) is 0 Å². The molecule has 0 spiro atoms.